The topological polar surface area (TPSA) is 74.8 Å². The zero-order valence-corrected chi connectivity index (χ0v) is 12.4. The number of hydrogen-bond acceptors (Lipinski definition) is 3. The summed E-state index contributed by atoms with van der Waals surface area (Å²) in [4.78, 5) is 31.3. The molecule has 0 aliphatic heterocycles. The molecule has 1 atom stereocenters. The SMILES string of the molecule is CC[C@H](NC(=O)c1c[nH]c(C)cc1=O)c1ccc(C)cn1. The summed E-state index contributed by atoms with van der Waals surface area (Å²) in [5.74, 6) is -0.384. The van der Waals surface area contributed by atoms with Gasteiger partial charge in [-0.3, -0.25) is 14.6 Å². The van der Waals surface area contributed by atoms with E-state index in [9.17, 15) is 9.59 Å². The summed E-state index contributed by atoms with van der Waals surface area (Å²) in [6.45, 7) is 5.70. The molecule has 0 radical (unpaired) electrons. The Bertz CT molecular complexity index is 689. The summed E-state index contributed by atoms with van der Waals surface area (Å²) in [6, 6.07) is 5.05. The van der Waals surface area contributed by atoms with E-state index in [-0.39, 0.29) is 22.9 Å². The van der Waals surface area contributed by atoms with Crippen LogP contribution in [0.3, 0.4) is 0 Å². The predicted octanol–water partition coefficient (Wildman–Crippen LogP) is 2.27. The average Bonchev–Trinajstić information content (AvgIpc) is 2.45. The number of nitrogens with zero attached hydrogens (tertiary/aromatic N) is 1. The maximum atomic E-state index is 12.2. The quantitative estimate of drug-likeness (QED) is 0.905. The monoisotopic (exact) mass is 285 g/mol. The Morgan fingerprint density at radius 1 is 1.38 bits per heavy atom. The zero-order valence-electron chi connectivity index (χ0n) is 12.4. The first-order chi connectivity index (χ1) is 10.0. The van der Waals surface area contributed by atoms with E-state index < -0.39 is 0 Å². The van der Waals surface area contributed by atoms with Crippen molar-refractivity contribution in [2.45, 2.75) is 33.2 Å². The molecule has 0 spiro atoms. The fourth-order valence-corrected chi connectivity index (χ4v) is 2.06. The van der Waals surface area contributed by atoms with Crippen LogP contribution < -0.4 is 10.7 Å². The van der Waals surface area contributed by atoms with Crippen molar-refractivity contribution in [2.24, 2.45) is 0 Å². The number of carbonyl (C=O) groups excluding carboxylic acids is 1. The minimum absolute atomic E-state index is 0.117. The van der Waals surface area contributed by atoms with Crippen molar-refractivity contribution in [3.8, 4) is 0 Å². The molecule has 2 aromatic heterocycles. The van der Waals surface area contributed by atoms with Gasteiger partial charge in [0.25, 0.3) is 5.91 Å². The van der Waals surface area contributed by atoms with Crippen LogP contribution in [0.2, 0.25) is 0 Å². The van der Waals surface area contributed by atoms with Gasteiger partial charge in [-0.05, 0) is 31.9 Å². The lowest BCUT2D eigenvalue weighted by Gasteiger charge is -2.16. The van der Waals surface area contributed by atoms with Crippen LogP contribution >= 0.6 is 0 Å². The molecule has 0 aromatic carbocycles. The Morgan fingerprint density at radius 3 is 2.71 bits per heavy atom. The van der Waals surface area contributed by atoms with Crippen molar-refractivity contribution < 1.29 is 4.79 Å². The standard InChI is InChI=1S/C16H19N3O2/c1-4-13(14-6-5-10(2)8-18-14)19-16(21)12-9-17-11(3)7-15(12)20/h5-9,13H,4H2,1-3H3,(H,17,20)(H,19,21)/t13-/m0/s1. The summed E-state index contributed by atoms with van der Waals surface area (Å²) in [5, 5.41) is 2.86. The number of amides is 1. The molecule has 2 rings (SSSR count). The maximum Gasteiger partial charge on any atom is 0.257 e. The van der Waals surface area contributed by atoms with Crippen molar-refractivity contribution in [3.63, 3.8) is 0 Å². The smallest absolute Gasteiger partial charge is 0.257 e. The van der Waals surface area contributed by atoms with E-state index in [4.69, 9.17) is 0 Å². The Balaban J connectivity index is 2.20. The number of hydrogen-bond donors (Lipinski definition) is 2. The number of aromatic nitrogens is 2. The molecule has 110 valence electrons. The third-order valence-corrected chi connectivity index (χ3v) is 3.31. The molecule has 5 heteroatoms. The average molecular weight is 285 g/mol. The second kappa shape index (κ2) is 6.35. The van der Waals surface area contributed by atoms with E-state index in [1.165, 1.54) is 12.3 Å². The molecule has 0 bridgehead atoms. The molecule has 2 aromatic rings. The summed E-state index contributed by atoms with van der Waals surface area (Å²) in [7, 11) is 0. The van der Waals surface area contributed by atoms with Gasteiger partial charge in [0.15, 0.2) is 5.43 Å². The van der Waals surface area contributed by atoms with Gasteiger partial charge in [0.2, 0.25) is 0 Å². The maximum absolute atomic E-state index is 12.2. The Labute approximate surface area is 123 Å². The molecule has 0 unspecified atom stereocenters. The van der Waals surface area contributed by atoms with Gasteiger partial charge < -0.3 is 10.3 Å². The van der Waals surface area contributed by atoms with Gasteiger partial charge in [0, 0.05) is 24.2 Å². The Morgan fingerprint density at radius 2 is 2.14 bits per heavy atom. The number of rotatable bonds is 4. The number of nitrogens with one attached hydrogen (secondary N) is 2. The van der Waals surface area contributed by atoms with E-state index in [0.717, 1.165) is 17.0 Å². The molecule has 5 nitrogen and oxygen atoms in total. The van der Waals surface area contributed by atoms with Gasteiger partial charge >= 0.3 is 0 Å². The fraction of sp³-hybridized carbons (Fsp3) is 0.312. The van der Waals surface area contributed by atoms with E-state index in [2.05, 4.69) is 15.3 Å². The summed E-state index contributed by atoms with van der Waals surface area (Å²) >= 11 is 0. The highest BCUT2D eigenvalue weighted by Crippen LogP contribution is 2.14. The van der Waals surface area contributed by atoms with Gasteiger partial charge in [-0.2, -0.15) is 0 Å². The van der Waals surface area contributed by atoms with Gasteiger partial charge in [-0.25, -0.2) is 0 Å². The molecule has 0 fully saturated rings. The molecule has 1 amide bonds. The zero-order chi connectivity index (χ0) is 15.4. The minimum Gasteiger partial charge on any atom is -0.364 e. The lowest BCUT2D eigenvalue weighted by molar-refractivity contribution is 0.0933. The first-order valence-corrected chi connectivity index (χ1v) is 6.94. The number of carbonyl (C=O) groups is 1. The van der Waals surface area contributed by atoms with Crippen LogP contribution in [0.25, 0.3) is 0 Å². The van der Waals surface area contributed by atoms with Crippen molar-refractivity contribution in [1.29, 1.82) is 0 Å². The van der Waals surface area contributed by atoms with Crippen molar-refractivity contribution in [1.82, 2.24) is 15.3 Å². The highest BCUT2D eigenvalue weighted by Gasteiger charge is 2.17. The van der Waals surface area contributed by atoms with Crippen LogP contribution in [-0.4, -0.2) is 15.9 Å². The van der Waals surface area contributed by atoms with Crippen LogP contribution in [0.1, 0.15) is 46.7 Å². The second-order valence-corrected chi connectivity index (χ2v) is 5.09. The van der Waals surface area contributed by atoms with Gasteiger partial charge in [0.05, 0.1) is 11.7 Å². The molecular weight excluding hydrogens is 266 g/mol. The highest BCUT2D eigenvalue weighted by molar-refractivity contribution is 5.94. The summed E-state index contributed by atoms with van der Waals surface area (Å²) < 4.78 is 0. The number of H-pyrrole nitrogens is 1. The van der Waals surface area contributed by atoms with Crippen LogP contribution in [0.15, 0.2) is 35.4 Å². The van der Waals surface area contributed by atoms with Crippen LogP contribution in [0, 0.1) is 13.8 Å². The van der Waals surface area contributed by atoms with Gasteiger partial charge in [0.1, 0.15) is 5.56 Å². The van der Waals surface area contributed by atoms with Gasteiger partial charge in [-0.15, -0.1) is 0 Å². The van der Waals surface area contributed by atoms with Crippen molar-refractivity contribution in [3.05, 3.63) is 63.3 Å². The molecule has 0 aliphatic carbocycles. The van der Waals surface area contributed by atoms with Crippen LogP contribution in [-0.2, 0) is 0 Å². The third kappa shape index (κ3) is 3.56. The Kier molecular flexibility index (Phi) is 4.52. The molecule has 0 saturated heterocycles. The van der Waals surface area contributed by atoms with Crippen molar-refractivity contribution >= 4 is 5.91 Å². The lowest BCUT2D eigenvalue weighted by atomic mass is 10.1. The van der Waals surface area contributed by atoms with E-state index in [1.54, 1.807) is 13.1 Å². The van der Waals surface area contributed by atoms with E-state index in [1.807, 2.05) is 26.0 Å². The minimum atomic E-state index is -0.384. The fourth-order valence-electron chi connectivity index (χ4n) is 2.06. The molecule has 21 heavy (non-hydrogen) atoms. The molecule has 2 N–H and O–H groups in total. The second-order valence-electron chi connectivity index (χ2n) is 5.09. The summed E-state index contributed by atoms with van der Waals surface area (Å²) in [5.41, 5.74) is 2.42. The normalized spacial score (nSPS) is 12.0. The molecular formula is C16H19N3O2. The van der Waals surface area contributed by atoms with Crippen LogP contribution in [0.4, 0.5) is 0 Å². The predicted molar refractivity (Wildman–Crippen MR) is 81.3 cm³/mol. The van der Waals surface area contributed by atoms with Gasteiger partial charge in [-0.1, -0.05) is 13.0 Å². The van der Waals surface area contributed by atoms with Crippen molar-refractivity contribution in [2.75, 3.05) is 0 Å². The highest BCUT2D eigenvalue weighted by atomic mass is 16.2. The first kappa shape index (κ1) is 15.0. The third-order valence-electron chi connectivity index (χ3n) is 3.31. The number of pyridine rings is 2. The van der Waals surface area contributed by atoms with E-state index in [0.29, 0.717) is 6.42 Å². The molecule has 0 aliphatic rings. The largest absolute Gasteiger partial charge is 0.364 e. The van der Waals surface area contributed by atoms with Crippen LogP contribution in [0.5, 0.6) is 0 Å². The first-order valence-electron chi connectivity index (χ1n) is 6.94. The van der Waals surface area contributed by atoms with E-state index >= 15 is 0 Å². The molecule has 2 heterocycles. The summed E-state index contributed by atoms with van der Waals surface area (Å²) in [6.07, 6.45) is 3.91. The molecule has 0 saturated carbocycles. The number of aromatic amines is 1. The Hall–Kier alpha value is -2.43. The lowest BCUT2D eigenvalue weighted by Crippen LogP contribution is -2.32. The number of aryl methyl sites for hydroxylation is 2.